The highest BCUT2D eigenvalue weighted by Crippen LogP contribution is 2.48. The lowest BCUT2D eigenvalue weighted by atomic mass is 10.2. The summed E-state index contributed by atoms with van der Waals surface area (Å²) in [5.41, 5.74) is 0.591. The van der Waals surface area contributed by atoms with Gasteiger partial charge in [0.05, 0.1) is 49.2 Å². The van der Waals surface area contributed by atoms with Crippen LogP contribution in [0.2, 0.25) is 0 Å². The third-order valence-electron chi connectivity index (χ3n) is 5.45. The summed E-state index contributed by atoms with van der Waals surface area (Å²) in [7, 11) is 5.78. The third kappa shape index (κ3) is 3.95. The van der Waals surface area contributed by atoms with Crippen LogP contribution in [0.5, 0.6) is 0 Å². The predicted molar refractivity (Wildman–Crippen MR) is 116 cm³/mol. The molecule has 1 aromatic carbocycles. The Morgan fingerprint density at radius 2 is 2.10 bits per heavy atom. The average molecular weight is 432 g/mol. The second-order valence-corrected chi connectivity index (χ2v) is 9.67. The van der Waals surface area contributed by atoms with E-state index in [-0.39, 0.29) is 12.2 Å². The zero-order valence-corrected chi connectivity index (χ0v) is 18.2. The van der Waals surface area contributed by atoms with Crippen molar-refractivity contribution in [2.24, 2.45) is 7.05 Å². The summed E-state index contributed by atoms with van der Waals surface area (Å²) in [5, 5.41) is 27.5. The van der Waals surface area contributed by atoms with E-state index in [4.69, 9.17) is 0 Å². The Hall–Kier alpha value is -2.40. The molecular formula is C20H27N6O3S+. The Labute approximate surface area is 178 Å². The molecule has 1 aliphatic carbocycles. The molecule has 3 N–H and O–H groups in total. The van der Waals surface area contributed by atoms with Crippen molar-refractivity contribution in [3.63, 3.8) is 0 Å². The number of nitrogens with one attached hydrogen (secondary N) is 1. The largest absolute Gasteiger partial charge is 0.395 e. The number of aryl methyl sites for hydroxylation is 1. The zero-order chi connectivity index (χ0) is 21.5. The van der Waals surface area contributed by atoms with Gasteiger partial charge >= 0.3 is 0 Å². The number of hydrogen-bond donors (Lipinski definition) is 3. The normalized spacial score (nSPS) is 15.5. The maximum absolute atomic E-state index is 13.4. The van der Waals surface area contributed by atoms with Crippen LogP contribution in [0.25, 0.3) is 10.9 Å². The smallest absolute Gasteiger partial charge is 0.263 e. The van der Waals surface area contributed by atoms with Crippen LogP contribution in [0.4, 0.5) is 5.95 Å². The predicted octanol–water partition coefficient (Wildman–Crippen LogP) is 1.15. The molecule has 1 saturated carbocycles. The highest BCUT2D eigenvalue weighted by molar-refractivity contribution is 7.93. The van der Waals surface area contributed by atoms with Crippen LogP contribution >= 0.6 is 11.9 Å². The Morgan fingerprint density at radius 3 is 2.73 bits per heavy atom. The molecule has 0 unspecified atom stereocenters. The first-order chi connectivity index (χ1) is 14.2. The number of rotatable bonds is 8. The number of benzene rings is 1. The topological polar surface area (TPSA) is 105 Å². The van der Waals surface area contributed by atoms with Gasteiger partial charge in [-0.2, -0.15) is 5.10 Å². The summed E-state index contributed by atoms with van der Waals surface area (Å²) in [5.74, 6) is 0.411. The standard InChI is InChI=1S/C20H26N6O3S/c1-24-12-14(11-22-24)13-25-18(28)16-10-15(30-26(2,3)20(29)6-7-20)4-5-17(16)23-19(25)21-8-9-27/h4-5,10-12,27,29H,6-9,13H2,1-3H3/p+1. The maximum Gasteiger partial charge on any atom is 0.263 e. The van der Waals surface area contributed by atoms with Crippen LogP contribution in [-0.4, -0.2) is 66.4 Å². The monoisotopic (exact) mass is 431 g/mol. The molecule has 2 heterocycles. The lowest BCUT2D eigenvalue weighted by Gasteiger charge is -2.32. The molecule has 10 heteroatoms. The molecule has 30 heavy (non-hydrogen) atoms. The quantitative estimate of drug-likeness (QED) is 0.279. The Kier molecular flexibility index (Phi) is 5.35. The molecule has 0 atom stereocenters. The maximum atomic E-state index is 13.4. The average Bonchev–Trinajstić information content (AvgIpc) is 3.34. The van der Waals surface area contributed by atoms with Crippen molar-refractivity contribution >= 4 is 28.8 Å². The van der Waals surface area contributed by atoms with Crippen molar-refractivity contribution in [3.8, 4) is 0 Å². The molecule has 9 nitrogen and oxygen atoms in total. The van der Waals surface area contributed by atoms with Gasteiger partial charge in [0.25, 0.3) is 5.56 Å². The summed E-state index contributed by atoms with van der Waals surface area (Å²) in [6, 6.07) is 5.59. The van der Waals surface area contributed by atoms with Gasteiger partial charge in [0.2, 0.25) is 11.7 Å². The SMILES string of the molecule is Cn1cc(Cn2c(NCCO)nc3ccc(S[N+](C)(C)C4(O)CC4)cc3c2=O)cn1. The van der Waals surface area contributed by atoms with Crippen molar-refractivity contribution in [3.05, 3.63) is 46.5 Å². The van der Waals surface area contributed by atoms with Gasteiger partial charge in [-0.05, 0) is 18.2 Å². The number of hydrogen-bond acceptors (Lipinski definition) is 7. The second-order valence-electron chi connectivity index (χ2n) is 8.10. The van der Waals surface area contributed by atoms with Crippen LogP contribution in [0.3, 0.4) is 0 Å². The van der Waals surface area contributed by atoms with Crippen LogP contribution in [0, 0.1) is 0 Å². The molecule has 0 radical (unpaired) electrons. The van der Waals surface area contributed by atoms with Crippen LogP contribution in [-0.2, 0) is 13.6 Å². The highest BCUT2D eigenvalue weighted by atomic mass is 32.2. The van der Waals surface area contributed by atoms with Crippen molar-refractivity contribution < 1.29 is 14.1 Å². The van der Waals surface area contributed by atoms with E-state index in [0.29, 0.717) is 33.8 Å². The minimum absolute atomic E-state index is 0.0632. The fourth-order valence-electron chi connectivity index (χ4n) is 3.44. The number of aliphatic hydroxyl groups excluding tert-OH is 1. The van der Waals surface area contributed by atoms with E-state index >= 15 is 0 Å². The van der Waals surface area contributed by atoms with Gasteiger partial charge in [-0.3, -0.25) is 14.0 Å². The van der Waals surface area contributed by atoms with Gasteiger partial charge < -0.3 is 15.5 Å². The van der Waals surface area contributed by atoms with Crippen molar-refractivity contribution in [2.75, 3.05) is 32.6 Å². The Morgan fingerprint density at radius 1 is 1.33 bits per heavy atom. The van der Waals surface area contributed by atoms with Crippen LogP contribution in [0.1, 0.15) is 18.4 Å². The van der Waals surface area contributed by atoms with Crippen molar-refractivity contribution in [1.82, 2.24) is 19.3 Å². The summed E-state index contributed by atoms with van der Waals surface area (Å²) in [6.07, 6.45) is 5.13. The highest BCUT2D eigenvalue weighted by Gasteiger charge is 2.56. The van der Waals surface area contributed by atoms with Crippen molar-refractivity contribution in [2.45, 2.75) is 30.0 Å². The lowest BCUT2D eigenvalue weighted by Crippen LogP contribution is -2.44. The number of fused-ring (bicyclic) bond motifs is 1. The van der Waals surface area contributed by atoms with E-state index in [0.717, 1.165) is 23.3 Å². The van der Waals surface area contributed by atoms with E-state index in [1.807, 2.05) is 45.5 Å². The Bertz CT molecular complexity index is 1140. The first-order valence-corrected chi connectivity index (χ1v) is 10.6. The molecule has 0 aliphatic heterocycles. The van der Waals surface area contributed by atoms with Gasteiger partial charge in [0.15, 0.2) is 0 Å². The van der Waals surface area contributed by atoms with E-state index in [9.17, 15) is 15.0 Å². The number of aliphatic hydroxyl groups is 2. The third-order valence-corrected chi connectivity index (χ3v) is 6.71. The minimum atomic E-state index is -0.712. The molecule has 0 bridgehead atoms. The van der Waals surface area contributed by atoms with E-state index < -0.39 is 5.72 Å². The molecule has 160 valence electrons. The van der Waals surface area contributed by atoms with Crippen molar-refractivity contribution in [1.29, 1.82) is 0 Å². The molecule has 0 spiro atoms. The fourth-order valence-corrected chi connectivity index (χ4v) is 4.62. The zero-order valence-electron chi connectivity index (χ0n) is 17.4. The summed E-state index contributed by atoms with van der Waals surface area (Å²) in [4.78, 5) is 18.9. The number of aromatic nitrogens is 4. The number of nitrogens with zero attached hydrogens (tertiary/aromatic N) is 5. The van der Waals surface area contributed by atoms with Gasteiger partial charge in [-0.1, -0.05) is 0 Å². The Balaban J connectivity index is 1.75. The number of anilines is 1. The van der Waals surface area contributed by atoms with Gasteiger partial charge in [0.1, 0.15) is 11.9 Å². The lowest BCUT2D eigenvalue weighted by molar-refractivity contribution is -0.823. The molecule has 1 fully saturated rings. The summed E-state index contributed by atoms with van der Waals surface area (Å²) >= 11 is 1.52. The first kappa shape index (κ1) is 20.9. The van der Waals surface area contributed by atoms with E-state index in [1.54, 1.807) is 15.4 Å². The van der Waals surface area contributed by atoms with E-state index in [2.05, 4.69) is 15.4 Å². The molecule has 3 aromatic rings. The fraction of sp³-hybridized carbons (Fsp3) is 0.450. The second kappa shape index (κ2) is 7.69. The summed E-state index contributed by atoms with van der Waals surface area (Å²) < 4.78 is 3.64. The van der Waals surface area contributed by atoms with E-state index in [1.165, 1.54) is 11.9 Å². The molecule has 2 aromatic heterocycles. The van der Waals surface area contributed by atoms with Gasteiger partial charge in [0, 0.05) is 38.2 Å². The molecule has 4 rings (SSSR count). The molecular weight excluding hydrogens is 404 g/mol. The van der Waals surface area contributed by atoms with Gasteiger partial charge in [-0.15, -0.1) is 0 Å². The van der Waals surface area contributed by atoms with Gasteiger partial charge in [-0.25, -0.2) is 8.87 Å². The first-order valence-electron chi connectivity index (χ1n) is 9.85. The van der Waals surface area contributed by atoms with Crippen LogP contribution < -0.4 is 10.9 Å². The molecule has 0 saturated heterocycles. The summed E-state index contributed by atoms with van der Waals surface area (Å²) in [6.45, 7) is 0.553. The van der Waals surface area contributed by atoms with Crippen LogP contribution in [0.15, 0.2) is 40.3 Å². The molecule has 0 amide bonds. The minimum Gasteiger partial charge on any atom is -0.395 e. The molecule has 1 aliphatic rings. The number of quaternary nitrogens is 1.